The fourth-order valence-corrected chi connectivity index (χ4v) is 2.31. The topological polar surface area (TPSA) is 49.0 Å². The van der Waals surface area contributed by atoms with Crippen LogP contribution in [0.5, 0.6) is 5.75 Å². The van der Waals surface area contributed by atoms with E-state index >= 15 is 0 Å². The van der Waals surface area contributed by atoms with Crippen LogP contribution in [-0.2, 0) is 0 Å². The molecule has 0 bridgehead atoms. The third-order valence-electron chi connectivity index (χ3n) is 3.09. The first kappa shape index (κ1) is 10.6. The number of hydrogen-bond acceptors (Lipinski definition) is 2. The van der Waals surface area contributed by atoms with E-state index in [2.05, 4.69) is 6.58 Å². The fraction of sp³-hybridized carbons (Fsp3) is 0. The number of aromatic hydroxyl groups is 1. The van der Waals surface area contributed by atoms with Gasteiger partial charge in [-0.2, -0.15) is 0 Å². The van der Waals surface area contributed by atoms with Gasteiger partial charge in [0.1, 0.15) is 11.6 Å². The highest BCUT2D eigenvalue weighted by molar-refractivity contribution is 6.15. The van der Waals surface area contributed by atoms with E-state index in [1.807, 2.05) is 30.3 Å². The summed E-state index contributed by atoms with van der Waals surface area (Å²) in [6, 6.07) is 13.1. The number of benzene rings is 2. The number of aromatic nitrogens is 1. The molecule has 3 nitrogen and oxygen atoms in total. The van der Waals surface area contributed by atoms with Crippen molar-refractivity contribution < 1.29 is 5.11 Å². The lowest BCUT2D eigenvalue weighted by atomic mass is 10.1. The fourth-order valence-electron chi connectivity index (χ4n) is 2.31. The molecule has 0 fully saturated rings. The van der Waals surface area contributed by atoms with Gasteiger partial charge in [-0.3, -0.25) is 9.98 Å². The van der Waals surface area contributed by atoms with Crippen molar-refractivity contribution in [3.8, 4) is 5.75 Å². The van der Waals surface area contributed by atoms with E-state index in [9.17, 15) is 5.11 Å². The van der Waals surface area contributed by atoms with Crippen LogP contribution in [0, 0.1) is 5.41 Å². The van der Waals surface area contributed by atoms with Crippen LogP contribution >= 0.6 is 0 Å². The summed E-state index contributed by atoms with van der Waals surface area (Å²) in [5.41, 5.74) is 1.77. The minimum Gasteiger partial charge on any atom is -0.508 e. The van der Waals surface area contributed by atoms with Crippen LogP contribution in [0.1, 0.15) is 0 Å². The molecule has 88 valence electrons. The summed E-state index contributed by atoms with van der Waals surface area (Å²) < 4.78 is 1.79. The number of allylic oxidation sites excluding steroid dienone is 1. The summed E-state index contributed by atoms with van der Waals surface area (Å²) >= 11 is 0. The zero-order valence-electron chi connectivity index (χ0n) is 9.72. The SMILES string of the molecule is C=CC(=N)n1c2ccccc2c2ccc(O)cc21. The predicted molar refractivity (Wildman–Crippen MR) is 74.4 cm³/mol. The van der Waals surface area contributed by atoms with Gasteiger partial charge in [0.25, 0.3) is 0 Å². The second kappa shape index (κ2) is 3.74. The molecule has 0 saturated heterocycles. The molecule has 2 aromatic carbocycles. The van der Waals surface area contributed by atoms with E-state index in [-0.39, 0.29) is 5.75 Å². The molecule has 0 radical (unpaired) electrons. The Morgan fingerprint density at radius 1 is 1.11 bits per heavy atom. The van der Waals surface area contributed by atoms with Crippen molar-refractivity contribution in [1.29, 1.82) is 5.41 Å². The van der Waals surface area contributed by atoms with E-state index < -0.39 is 0 Å². The van der Waals surface area contributed by atoms with Gasteiger partial charge < -0.3 is 5.11 Å². The van der Waals surface area contributed by atoms with Crippen LogP contribution in [0.3, 0.4) is 0 Å². The summed E-state index contributed by atoms with van der Waals surface area (Å²) in [7, 11) is 0. The van der Waals surface area contributed by atoms with Crippen LogP contribution in [0.15, 0.2) is 55.1 Å². The quantitative estimate of drug-likeness (QED) is 0.493. The van der Waals surface area contributed by atoms with Gasteiger partial charge in [-0.1, -0.05) is 24.8 Å². The van der Waals surface area contributed by atoms with E-state index in [1.165, 1.54) is 6.08 Å². The van der Waals surface area contributed by atoms with E-state index in [4.69, 9.17) is 5.41 Å². The monoisotopic (exact) mass is 236 g/mol. The van der Waals surface area contributed by atoms with Crippen molar-refractivity contribution in [3.05, 3.63) is 55.1 Å². The van der Waals surface area contributed by atoms with Crippen molar-refractivity contribution >= 4 is 27.6 Å². The maximum Gasteiger partial charge on any atom is 0.129 e. The molecule has 1 heterocycles. The number of rotatable bonds is 1. The predicted octanol–water partition coefficient (Wildman–Crippen LogP) is 3.51. The zero-order valence-corrected chi connectivity index (χ0v) is 9.72. The normalized spacial score (nSPS) is 10.9. The van der Waals surface area contributed by atoms with Crippen molar-refractivity contribution in [2.75, 3.05) is 0 Å². The number of hydrogen-bond donors (Lipinski definition) is 2. The Balaban J connectivity index is 2.58. The summed E-state index contributed by atoms with van der Waals surface area (Å²) in [6.07, 6.45) is 1.50. The van der Waals surface area contributed by atoms with E-state index in [0.717, 1.165) is 21.8 Å². The molecule has 18 heavy (non-hydrogen) atoms. The van der Waals surface area contributed by atoms with Gasteiger partial charge in [-0.05, 0) is 24.3 Å². The second-order valence-corrected chi connectivity index (χ2v) is 4.14. The molecular formula is C15H12N2O. The van der Waals surface area contributed by atoms with Crippen LogP contribution in [-0.4, -0.2) is 15.5 Å². The molecule has 0 saturated carbocycles. The van der Waals surface area contributed by atoms with Crippen molar-refractivity contribution in [2.24, 2.45) is 0 Å². The summed E-state index contributed by atoms with van der Waals surface area (Å²) in [4.78, 5) is 0. The highest BCUT2D eigenvalue weighted by atomic mass is 16.3. The molecule has 3 heteroatoms. The number of para-hydroxylation sites is 1. The van der Waals surface area contributed by atoms with Gasteiger partial charge in [0.15, 0.2) is 0 Å². The molecule has 0 aliphatic rings. The molecular weight excluding hydrogens is 224 g/mol. The van der Waals surface area contributed by atoms with Gasteiger partial charge in [0.05, 0.1) is 11.0 Å². The molecule has 3 aromatic rings. The van der Waals surface area contributed by atoms with Crippen molar-refractivity contribution in [1.82, 2.24) is 4.57 Å². The van der Waals surface area contributed by atoms with Gasteiger partial charge in [0.2, 0.25) is 0 Å². The van der Waals surface area contributed by atoms with Gasteiger partial charge in [-0.15, -0.1) is 0 Å². The van der Waals surface area contributed by atoms with Crippen LogP contribution in [0.25, 0.3) is 21.8 Å². The van der Waals surface area contributed by atoms with Gasteiger partial charge in [-0.25, -0.2) is 0 Å². The third kappa shape index (κ3) is 1.34. The summed E-state index contributed by atoms with van der Waals surface area (Å²) in [5.74, 6) is 0.496. The van der Waals surface area contributed by atoms with Gasteiger partial charge in [0, 0.05) is 16.8 Å². The third-order valence-corrected chi connectivity index (χ3v) is 3.09. The van der Waals surface area contributed by atoms with Crippen LogP contribution in [0.4, 0.5) is 0 Å². The lowest BCUT2D eigenvalue weighted by molar-refractivity contribution is 0.476. The number of phenols is 1. The van der Waals surface area contributed by atoms with E-state index in [1.54, 1.807) is 16.7 Å². The van der Waals surface area contributed by atoms with Crippen LogP contribution < -0.4 is 0 Å². The Morgan fingerprint density at radius 2 is 1.83 bits per heavy atom. The Labute approximate surface area is 104 Å². The minimum absolute atomic E-state index is 0.198. The molecule has 0 aliphatic heterocycles. The van der Waals surface area contributed by atoms with Crippen LogP contribution in [0.2, 0.25) is 0 Å². The maximum atomic E-state index is 9.62. The molecule has 0 unspecified atom stereocenters. The number of nitrogens with one attached hydrogen (secondary N) is 1. The first-order valence-corrected chi connectivity index (χ1v) is 5.66. The number of nitrogens with zero attached hydrogens (tertiary/aromatic N) is 1. The largest absolute Gasteiger partial charge is 0.508 e. The Bertz CT molecular complexity index is 784. The molecule has 0 amide bonds. The van der Waals surface area contributed by atoms with E-state index in [0.29, 0.717) is 5.84 Å². The first-order chi connectivity index (χ1) is 8.72. The Hall–Kier alpha value is -2.55. The summed E-state index contributed by atoms with van der Waals surface area (Å²) in [5, 5.41) is 19.7. The average molecular weight is 236 g/mol. The standard InChI is InChI=1S/C15H12N2O/c1-2-15(16)17-13-6-4-3-5-11(13)12-8-7-10(18)9-14(12)17/h2-9,16,18H,1H2. The van der Waals surface area contributed by atoms with Crippen molar-refractivity contribution in [3.63, 3.8) is 0 Å². The first-order valence-electron chi connectivity index (χ1n) is 5.66. The molecule has 0 spiro atoms. The number of phenolic OH excluding ortho intramolecular Hbond substituents is 1. The second-order valence-electron chi connectivity index (χ2n) is 4.14. The molecule has 1 aromatic heterocycles. The Morgan fingerprint density at radius 3 is 2.61 bits per heavy atom. The number of fused-ring (bicyclic) bond motifs is 3. The zero-order chi connectivity index (χ0) is 12.7. The highest BCUT2D eigenvalue weighted by Gasteiger charge is 2.12. The maximum absolute atomic E-state index is 9.62. The smallest absolute Gasteiger partial charge is 0.129 e. The Kier molecular flexibility index (Phi) is 2.20. The lowest BCUT2D eigenvalue weighted by Gasteiger charge is -2.04. The average Bonchev–Trinajstić information content (AvgIpc) is 2.71. The minimum atomic E-state index is 0.198. The van der Waals surface area contributed by atoms with Crippen molar-refractivity contribution in [2.45, 2.75) is 0 Å². The molecule has 0 aliphatic carbocycles. The molecule has 0 atom stereocenters. The molecule has 3 rings (SSSR count). The molecule has 2 N–H and O–H groups in total. The van der Waals surface area contributed by atoms with Gasteiger partial charge >= 0.3 is 0 Å². The lowest BCUT2D eigenvalue weighted by Crippen LogP contribution is -2.05. The summed E-state index contributed by atoms with van der Waals surface area (Å²) in [6.45, 7) is 3.64. The highest BCUT2D eigenvalue weighted by Crippen LogP contribution is 2.31.